The summed E-state index contributed by atoms with van der Waals surface area (Å²) in [5, 5.41) is 9.81. The predicted octanol–water partition coefficient (Wildman–Crippen LogP) is 2.21. The third kappa shape index (κ3) is 3.65. The molecule has 3 unspecified atom stereocenters. The normalized spacial score (nSPS) is 27.5. The van der Waals surface area contributed by atoms with Crippen molar-refractivity contribution in [1.29, 1.82) is 0 Å². The zero-order valence-electron chi connectivity index (χ0n) is 8.83. The second-order valence-corrected chi connectivity index (χ2v) is 4.28. The Balaban J connectivity index is 2.12. The largest absolute Gasteiger partial charge is 0.393 e. The Morgan fingerprint density at radius 2 is 2.23 bits per heavy atom. The van der Waals surface area contributed by atoms with Crippen LogP contribution in [0.2, 0.25) is 0 Å². The number of aliphatic hydroxyl groups excluding tert-OH is 1. The summed E-state index contributed by atoms with van der Waals surface area (Å²) in [6.07, 6.45) is 4.23. The van der Waals surface area contributed by atoms with Gasteiger partial charge in [0.2, 0.25) is 0 Å². The first kappa shape index (κ1) is 11.0. The number of rotatable bonds is 5. The SMILES string of the molecule is CCC(C)CCC(O)C1CCOC1. The van der Waals surface area contributed by atoms with Gasteiger partial charge in [-0.05, 0) is 25.2 Å². The van der Waals surface area contributed by atoms with Crippen LogP contribution in [0.15, 0.2) is 0 Å². The van der Waals surface area contributed by atoms with E-state index < -0.39 is 0 Å². The molecular formula is C11H22O2. The van der Waals surface area contributed by atoms with Crippen LogP contribution >= 0.6 is 0 Å². The lowest BCUT2D eigenvalue weighted by atomic mass is 9.93. The van der Waals surface area contributed by atoms with E-state index in [0.717, 1.165) is 38.4 Å². The van der Waals surface area contributed by atoms with E-state index in [1.54, 1.807) is 0 Å². The molecule has 1 heterocycles. The van der Waals surface area contributed by atoms with E-state index in [4.69, 9.17) is 4.74 Å². The van der Waals surface area contributed by atoms with Crippen molar-refractivity contribution in [3.05, 3.63) is 0 Å². The quantitative estimate of drug-likeness (QED) is 0.713. The molecule has 1 aliphatic heterocycles. The summed E-state index contributed by atoms with van der Waals surface area (Å²) < 4.78 is 5.25. The first-order chi connectivity index (χ1) is 6.24. The summed E-state index contributed by atoms with van der Waals surface area (Å²) in [5.41, 5.74) is 0. The van der Waals surface area contributed by atoms with Crippen LogP contribution in [0.3, 0.4) is 0 Å². The van der Waals surface area contributed by atoms with Gasteiger partial charge in [0.15, 0.2) is 0 Å². The first-order valence-corrected chi connectivity index (χ1v) is 5.49. The van der Waals surface area contributed by atoms with Crippen molar-refractivity contribution < 1.29 is 9.84 Å². The second-order valence-electron chi connectivity index (χ2n) is 4.28. The molecule has 2 nitrogen and oxygen atoms in total. The average molecular weight is 186 g/mol. The minimum absolute atomic E-state index is 0.128. The van der Waals surface area contributed by atoms with E-state index in [1.807, 2.05) is 0 Å². The van der Waals surface area contributed by atoms with Gasteiger partial charge in [0, 0.05) is 12.5 Å². The third-order valence-electron chi connectivity index (χ3n) is 3.16. The molecule has 2 heteroatoms. The van der Waals surface area contributed by atoms with Crippen LogP contribution in [0.5, 0.6) is 0 Å². The highest BCUT2D eigenvalue weighted by molar-refractivity contribution is 4.73. The summed E-state index contributed by atoms with van der Waals surface area (Å²) >= 11 is 0. The van der Waals surface area contributed by atoms with E-state index in [9.17, 15) is 5.11 Å². The Labute approximate surface area is 81.3 Å². The van der Waals surface area contributed by atoms with E-state index in [1.165, 1.54) is 6.42 Å². The van der Waals surface area contributed by atoms with Crippen LogP contribution in [0.25, 0.3) is 0 Å². The third-order valence-corrected chi connectivity index (χ3v) is 3.16. The summed E-state index contributed by atoms with van der Waals surface area (Å²) in [6, 6.07) is 0. The average Bonchev–Trinajstić information content (AvgIpc) is 2.66. The van der Waals surface area contributed by atoms with E-state index >= 15 is 0 Å². The van der Waals surface area contributed by atoms with Gasteiger partial charge in [0.1, 0.15) is 0 Å². The highest BCUT2D eigenvalue weighted by Gasteiger charge is 2.23. The molecule has 0 aromatic carbocycles. The van der Waals surface area contributed by atoms with Crippen LogP contribution in [0.4, 0.5) is 0 Å². The van der Waals surface area contributed by atoms with E-state index in [2.05, 4.69) is 13.8 Å². The summed E-state index contributed by atoms with van der Waals surface area (Å²) in [6.45, 7) is 6.06. The fraction of sp³-hybridized carbons (Fsp3) is 1.00. The molecule has 0 aromatic heterocycles. The van der Waals surface area contributed by atoms with Crippen molar-refractivity contribution in [2.75, 3.05) is 13.2 Å². The molecule has 13 heavy (non-hydrogen) atoms. The zero-order valence-corrected chi connectivity index (χ0v) is 8.83. The molecule has 0 aliphatic carbocycles. The van der Waals surface area contributed by atoms with Gasteiger partial charge in [-0.15, -0.1) is 0 Å². The molecule has 78 valence electrons. The van der Waals surface area contributed by atoms with Gasteiger partial charge >= 0.3 is 0 Å². The predicted molar refractivity (Wildman–Crippen MR) is 53.6 cm³/mol. The van der Waals surface area contributed by atoms with Gasteiger partial charge in [-0.2, -0.15) is 0 Å². The molecule has 1 fully saturated rings. The van der Waals surface area contributed by atoms with Crippen LogP contribution in [-0.4, -0.2) is 24.4 Å². The molecule has 0 spiro atoms. The molecular weight excluding hydrogens is 164 g/mol. The summed E-state index contributed by atoms with van der Waals surface area (Å²) in [7, 11) is 0. The molecule has 1 rings (SSSR count). The maximum Gasteiger partial charge on any atom is 0.0591 e. The number of ether oxygens (including phenoxy) is 1. The summed E-state index contributed by atoms with van der Waals surface area (Å²) in [4.78, 5) is 0. The number of hydrogen-bond acceptors (Lipinski definition) is 2. The maximum atomic E-state index is 9.81. The Morgan fingerprint density at radius 1 is 1.46 bits per heavy atom. The maximum absolute atomic E-state index is 9.81. The molecule has 0 bridgehead atoms. The fourth-order valence-corrected chi connectivity index (χ4v) is 1.75. The molecule has 0 aromatic rings. The lowest BCUT2D eigenvalue weighted by Gasteiger charge is -2.17. The molecule has 3 atom stereocenters. The van der Waals surface area contributed by atoms with Crippen LogP contribution in [0.1, 0.15) is 39.5 Å². The fourth-order valence-electron chi connectivity index (χ4n) is 1.75. The van der Waals surface area contributed by atoms with Crippen molar-refractivity contribution in [3.8, 4) is 0 Å². The lowest BCUT2D eigenvalue weighted by molar-refractivity contribution is 0.0795. The molecule has 1 N–H and O–H groups in total. The molecule has 0 amide bonds. The Kier molecular flexibility index (Phi) is 4.74. The number of hydrogen-bond donors (Lipinski definition) is 1. The standard InChI is InChI=1S/C11H22O2/c1-3-9(2)4-5-11(12)10-6-7-13-8-10/h9-12H,3-8H2,1-2H3. The highest BCUT2D eigenvalue weighted by atomic mass is 16.5. The Bertz CT molecular complexity index is 130. The van der Waals surface area contributed by atoms with Crippen LogP contribution < -0.4 is 0 Å². The number of aliphatic hydroxyl groups is 1. The second kappa shape index (κ2) is 5.61. The first-order valence-electron chi connectivity index (χ1n) is 5.49. The monoisotopic (exact) mass is 186 g/mol. The van der Waals surface area contributed by atoms with Crippen molar-refractivity contribution in [2.24, 2.45) is 11.8 Å². The van der Waals surface area contributed by atoms with Gasteiger partial charge in [-0.25, -0.2) is 0 Å². The minimum atomic E-state index is -0.128. The lowest BCUT2D eigenvalue weighted by Crippen LogP contribution is -2.21. The topological polar surface area (TPSA) is 29.5 Å². The van der Waals surface area contributed by atoms with E-state index in [0.29, 0.717) is 5.92 Å². The molecule has 1 saturated heterocycles. The van der Waals surface area contributed by atoms with Crippen molar-refractivity contribution in [1.82, 2.24) is 0 Å². The van der Waals surface area contributed by atoms with E-state index in [-0.39, 0.29) is 6.10 Å². The Hall–Kier alpha value is -0.0800. The minimum Gasteiger partial charge on any atom is -0.393 e. The van der Waals surface area contributed by atoms with Crippen LogP contribution in [0, 0.1) is 11.8 Å². The van der Waals surface area contributed by atoms with Gasteiger partial charge in [0.05, 0.1) is 12.7 Å². The molecule has 0 saturated carbocycles. The van der Waals surface area contributed by atoms with Crippen molar-refractivity contribution in [2.45, 2.75) is 45.6 Å². The molecule has 1 aliphatic rings. The molecule has 0 radical (unpaired) electrons. The van der Waals surface area contributed by atoms with Gasteiger partial charge in [-0.1, -0.05) is 20.3 Å². The van der Waals surface area contributed by atoms with Crippen molar-refractivity contribution >= 4 is 0 Å². The highest BCUT2D eigenvalue weighted by Crippen LogP contribution is 2.22. The smallest absolute Gasteiger partial charge is 0.0591 e. The zero-order chi connectivity index (χ0) is 9.68. The van der Waals surface area contributed by atoms with Crippen LogP contribution in [-0.2, 0) is 4.74 Å². The Morgan fingerprint density at radius 3 is 2.77 bits per heavy atom. The van der Waals surface area contributed by atoms with Gasteiger partial charge < -0.3 is 9.84 Å². The van der Waals surface area contributed by atoms with Gasteiger partial charge in [0.25, 0.3) is 0 Å². The summed E-state index contributed by atoms with van der Waals surface area (Å²) in [5.74, 6) is 1.15. The van der Waals surface area contributed by atoms with Crippen molar-refractivity contribution in [3.63, 3.8) is 0 Å². The van der Waals surface area contributed by atoms with Gasteiger partial charge in [-0.3, -0.25) is 0 Å².